The Bertz CT molecular complexity index is 354. The molecule has 0 aromatic heterocycles. The second kappa shape index (κ2) is 7.59. The molecule has 0 heterocycles. The van der Waals surface area contributed by atoms with E-state index in [1.54, 1.807) is 7.11 Å². The van der Waals surface area contributed by atoms with Crippen LogP contribution < -0.4 is 5.32 Å². The topological polar surface area (TPSA) is 92.7 Å². The second-order valence-electron chi connectivity index (χ2n) is 5.00. The summed E-state index contributed by atoms with van der Waals surface area (Å²) in [6, 6.07) is 0. The van der Waals surface area contributed by atoms with E-state index >= 15 is 0 Å². The molecule has 1 aliphatic rings. The Morgan fingerprint density at radius 2 is 2.11 bits per heavy atom. The van der Waals surface area contributed by atoms with E-state index in [0.717, 1.165) is 19.3 Å². The molecule has 2 N–H and O–H groups in total. The molecule has 1 fully saturated rings. The van der Waals surface area contributed by atoms with Gasteiger partial charge in [0.1, 0.15) is 5.75 Å². The van der Waals surface area contributed by atoms with Crippen LogP contribution in [0.25, 0.3) is 0 Å². The predicted octanol–water partition coefficient (Wildman–Crippen LogP) is 0.143. The molecule has 0 saturated heterocycles. The van der Waals surface area contributed by atoms with Gasteiger partial charge in [-0.3, -0.25) is 13.8 Å². The van der Waals surface area contributed by atoms with Gasteiger partial charge in [-0.15, -0.1) is 0 Å². The molecule has 1 unspecified atom stereocenters. The molecule has 1 rings (SSSR count). The zero-order valence-corrected chi connectivity index (χ0v) is 12.0. The van der Waals surface area contributed by atoms with Gasteiger partial charge in [-0.2, -0.15) is 0 Å². The summed E-state index contributed by atoms with van der Waals surface area (Å²) in [5.41, 5.74) is -0.326. The summed E-state index contributed by atoms with van der Waals surface area (Å²) in [7, 11) is 0.304. The van der Waals surface area contributed by atoms with Crippen molar-refractivity contribution in [2.75, 3.05) is 31.8 Å². The molecule has 7 heteroatoms. The van der Waals surface area contributed by atoms with Gasteiger partial charge in [-0.25, -0.2) is 0 Å². The number of carboxylic acids is 1. The fraction of sp³-hybridized carbons (Fsp3) is 0.833. The molecule has 110 valence electrons. The van der Waals surface area contributed by atoms with Gasteiger partial charge in [0.05, 0.1) is 6.42 Å². The van der Waals surface area contributed by atoms with Crippen LogP contribution in [0.1, 0.15) is 25.7 Å². The first kappa shape index (κ1) is 16.1. The molecular formula is C12H21NO5S. The minimum absolute atomic E-state index is 0.0473. The number of ether oxygens (including phenoxy) is 1. The van der Waals surface area contributed by atoms with E-state index in [2.05, 4.69) is 5.32 Å². The highest BCUT2D eigenvalue weighted by Gasteiger charge is 2.45. The van der Waals surface area contributed by atoms with Gasteiger partial charge < -0.3 is 15.2 Å². The van der Waals surface area contributed by atoms with E-state index in [-0.39, 0.29) is 23.5 Å². The normalized spacial score (nSPS) is 17.7. The molecule has 0 radical (unpaired) electrons. The summed E-state index contributed by atoms with van der Waals surface area (Å²) in [6.45, 7) is 1.08. The van der Waals surface area contributed by atoms with Crippen molar-refractivity contribution in [3.63, 3.8) is 0 Å². The number of rotatable bonds is 10. The molecule has 1 atom stereocenters. The van der Waals surface area contributed by atoms with Crippen LogP contribution in [-0.2, 0) is 25.1 Å². The van der Waals surface area contributed by atoms with Gasteiger partial charge in [0.25, 0.3) is 0 Å². The van der Waals surface area contributed by atoms with E-state index in [1.165, 1.54) is 0 Å². The first-order chi connectivity index (χ1) is 8.97. The van der Waals surface area contributed by atoms with E-state index in [4.69, 9.17) is 9.84 Å². The average molecular weight is 291 g/mol. The van der Waals surface area contributed by atoms with Crippen molar-refractivity contribution in [3.05, 3.63) is 0 Å². The zero-order valence-electron chi connectivity index (χ0n) is 11.1. The highest BCUT2D eigenvalue weighted by Crippen LogP contribution is 2.49. The first-order valence-corrected chi connectivity index (χ1v) is 7.79. The molecule has 0 spiro atoms. The Morgan fingerprint density at radius 3 is 2.63 bits per heavy atom. The Morgan fingerprint density at radius 1 is 1.42 bits per heavy atom. The highest BCUT2D eigenvalue weighted by molar-refractivity contribution is 7.85. The van der Waals surface area contributed by atoms with Crippen LogP contribution in [0.15, 0.2) is 0 Å². The summed E-state index contributed by atoms with van der Waals surface area (Å²) in [6.07, 6.45) is 2.35. The molecule has 1 amide bonds. The van der Waals surface area contributed by atoms with Crippen molar-refractivity contribution < 1.29 is 23.6 Å². The summed E-state index contributed by atoms with van der Waals surface area (Å²) in [5.74, 6) is -0.849. The van der Waals surface area contributed by atoms with Gasteiger partial charge in [0.2, 0.25) is 5.91 Å². The number of hydrogen-bond acceptors (Lipinski definition) is 4. The fourth-order valence-corrected chi connectivity index (χ4v) is 3.47. The smallest absolute Gasteiger partial charge is 0.303 e. The van der Waals surface area contributed by atoms with Gasteiger partial charge >= 0.3 is 5.97 Å². The molecule has 0 aromatic rings. The maximum atomic E-state index is 11.8. The van der Waals surface area contributed by atoms with Crippen LogP contribution in [0, 0.1) is 5.41 Å². The second-order valence-corrected chi connectivity index (χ2v) is 6.45. The molecule has 0 bridgehead atoms. The Kier molecular flexibility index (Phi) is 6.44. The SMILES string of the molecule is COCCCNC(=O)CS(=O)CC1(CC(=O)O)CC1. The summed E-state index contributed by atoms with van der Waals surface area (Å²) in [4.78, 5) is 22.2. The van der Waals surface area contributed by atoms with Crippen LogP contribution >= 0.6 is 0 Å². The van der Waals surface area contributed by atoms with Gasteiger partial charge in [0, 0.05) is 36.8 Å². The third-order valence-electron chi connectivity index (χ3n) is 3.09. The van der Waals surface area contributed by atoms with Crippen LogP contribution in [0.5, 0.6) is 0 Å². The van der Waals surface area contributed by atoms with Crippen LogP contribution in [0.3, 0.4) is 0 Å². The maximum Gasteiger partial charge on any atom is 0.303 e. The maximum absolute atomic E-state index is 11.8. The van der Waals surface area contributed by atoms with Gasteiger partial charge in [-0.1, -0.05) is 0 Å². The Hall–Kier alpha value is -0.950. The number of amides is 1. The number of nitrogens with one attached hydrogen (secondary N) is 1. The number of carbonyl (C=O) groups excluding carboxylic acids is 1. The molecule has 0 aromatic carbocycles. The van der Waals surface area contributed by atoms with E-state index in [1.807, 2.05) is 0 Å². The van der Waals surface area contributed by atoms with Crippen molar-refractivity contribution in [2.45, 2.75) is 25.7 Å². The number of carboxylic acid groups (broad SMARTS) is 1. The van der Waals surface area contributed by atoms with Crippen LogP contribution in [0.4, 0.5) is 0 Å². The Balaban J connectivity index is 2.20. The number of methoxy groups -OCH3 is 1. The Labute approximate surface area is 115 Å². The van der Waals surface area contributed by atoms with Crippen LogP contribution in [0.2, 0.25) is 0 Å². The quantitative estimate of drug-likeness (QED) is 0.559. The fourth-order valence-electron chi connectivity index (χ4n) is 1.90. The van der Waals surface area contributed by atoms with E-state index in [9.17, 15) is 13.8 Å². The van der Waals surface area contributed by atoms with Crippen molar-refractivity contribution in [1.82, 2.24) is 5.32 Å². The molecule has 1 saturated carbocycles. The van der Waals surface area contributed by atoms with Crippen molar-refractivity contribution in [2.24, 2.45) is 5.41 Å². The third-order valence-corrected chi connectivity index (χ3v) is 4.61. The largest absolute Gasteiger partial charge is 0.481 e. The lowest BCUT2D eigenvalue weighted by Gasteiger charge is -2.11. The van der Waals surface area contributed by atoms with Gasteiger partial charge in [0.15, 0.2) is 0 Å². The van der Waals surface area contributed by atoms with E-state index < -0.39 is 16.8 Å². The van der Waals surface area contributed by atoms with Gasteiger partial charge in [-0.05, 0) is 24.7 Å². The zero-order chi connectivity index (χ0) is 14.3. The first-order valence-electron chi connectivity index (χ1n) is 6.30. The van der Waals surface area contributed by atoms with Crippen LogP contribution in [-0.4, -0.2) is 53.0 Å². The number of carbonyl (C=O) groups is 2. The lowest BCUT2D eigenvalue weighted by Crippen LogP contribution is -2.31. The molecule has 6 nitrogen and oxygen atoms in total. The van der Waals surface area contributed by atoms with Crippen molar-refractivity contribution in [3.8, 4) is 0 Å². The summed E-state index contributed by atoms with van der Waals surface area (Å²) in [5, 5.41) is 11.4. The number of aliphatic carboxylic acids is 1. The molecule has 1 aliphatic carbocycles. The van der Waals surface area contributed by atoms with Crippen molar-refractivity contribution >= 4 is 22.7 Å². The minimum Gasteiger partial charge on any atom is -0.481 e. The monoisotopic (exact) mass is 291 g/mol. The standard InChI is InChI=1S/C12H21NO5S/c1-18-6-2-5-13-10(14)8-19(17)9-12(3-4-12)7-11(15)16/h2-9H2,1H3,(H,13,14)(H,15,16). The third kappa shape index (κ3) is 6.68. The highest BCUT2D eigenvalue weighted by atomic mass is 32.2. The summed E-state index contributed by atoms with van der Waals surface area (Å²) < 4.78 is 16.7. The summed E-state index contributed by atoms with van der Waals surface area (Å²) >= 11 is 0. The predicted molar refractivity (Wildman–Crippen MR) is 71.3 cm³/mol. The lowest BCUT2D eigenvalue weighted by molar-refractivity contribution is -0.138. The number of hydrogen-bond donors (Lipinski definition) is 2. The average Bonchev–Trinajstić information content (AvgIpc) is 3.02. The minimum atomic E-state index is -1.29. The van der Waals surface area contributed by atoms with E-state index in [0.29, 0.717) is 18.9 Å². The van der Waals surface area contributed by atoms with Crippen molar-refractivity contribution in [1.29, 1.82) is 0 Å². The molecular weight excluding hydrogens is 270 g/mol. The lowest BCUT2D eigenvalue weighted by atomic mass is 10.1. The molecule has 19 heavy (non-hydrogen) atoms. The molecule has 0 aliphatic heterocycles.